The van der Waals surface area contributed by atoms with Crippen LogP contribution in [0.15, 0.2) is 0 Å². The van der Waals surface area contributed by atoms with Gasteiger partial charge in [-0.2, -0.15) is 0 Å². The van der Waals surface area contributed by atoms with E-state index in [2.05, 4.69) is 4.99 Å². The number of nitrogens with one attached hydrogen (secondary N) is 1. The molecule has 76 valence electrons. The summed E-state index contributed by atoms with van der Waals surface area (Å²) in [5, 5.41) is 27.5. The molecule has 13 heavy (non-hydrogen) atoms. The second-order valence-electron chi connectivity index (χ2n) is 2.74. The van der Waals surface area contributed by atoms with Crippen molar-refractivity contribution in [1.29, 1.82) is 0 Å². The van der Waals surface area contributed by atoms with Crippen LogP contribution in [0, 0.1) is 0 Å². The smallest absolute Gasteiger partial charge is 0.187 e. The molecule has 0 aromatic rings. The third-order valence-electron chi connectivity index (χ3n) is 1.60. The predicted octanol–water partition coefficient (Wildman–Crippen LogP) is -3.59. The van der Waals surface area contributed by atoms with E-state index in [1.54, 1.807) is 0 Å². The molecule has 0 rings (SSSR count). The highest BCUT2D eigenvalue weighted by atomic mass is 16.4. The molecule has 1 unspecified atom stereocenters. The maximum absolute atomic E-state index is 10.3. The van der Waals surface area contributed by atoms with Crippen LogP contribution in [0.1, 0.15) is 19.8 Å². The Balaban J connectivity index is 4.23. The van der Waals surface area contributed by atoms with E-state index in [0.717, 1.165) is 0 Å². The average molecular weight is 189 g/mol. The molecule has 0 aliphatic rings. The predicted molar refractivity (Wildman–Crippen MR) is 43.8 cm³/mol. The second kappa shape index (κ2) is 6.56. The Bertz CT molecular complexity index is 183. The lowest BCUT2D eigenvalue weighted by Gasteiger charge is -2.04. The van der Waals surface area contributed by atoms with Gasteiger partial charge in [-0.25, -0.2) is 4.99 Å². The van der Waals surface area contributed by atoms with Gasteiger partial charge < -0.3 is 20.1 Å². The Hall–Kier alpha value is -0.940. The van der Waals surface area contributed by atoms with Gasteiger partial charge in [0.2, 0.25) is 0 Å². The molecule has 0 aromatic heterocycles. The van der Waals surface area contributed by atoms with Gasteiger partial charge in [0.15, 0.2) is 11.8 Å². The highest BCUT2D eigenvalue weighted by Gasteiger charge is 2.10. The van der Waals surface area contributed by atoms with Crippen molar-refractivity contribution >= 4 is 11.7 Å². The summed E-state index contributed by atoms with van der Waals surface area (Å²) < 4.78 is 0. The van der Waals surface area contributed by atoms with Crippen LogP contribution in [-0.4, -0.2) is 41.1 Å². The van der Waals surface area contributed by atoms with Crippen LogP contribution in [0.4, 0.5) is 0 Å². The minimum Gasteiger partial charge on any atom is -0.543 e. The van der Waals surface area contributed by atoms with Crippen molar-refractivity contribution in [2.24, 2.45) is 0 Å². The standard InChI is InChI=1S/C8H15NO4/c1-6(8(12)13)9-7(2-4-10)3-5-11/h6,10-11H,2-5H2,1H3,(H,12,13). The normalized spacial score (nSPS) is 12.2. The van der Waals surface area contributed by atoms with Crippen molar-refractivity contribution in [3.8, 4) is 0 Å². The van der Waals surface area contributed by atoms with E-state index in [-0.39, 0.29) is 13.2 Å². The first-order valence-electron chi connectivity index (χ1n) is 4.15. The monoisotopic (exact) mass is 189 g/mol. The summed E-state index contributed by atoms with van der Waals surface area (Å²) in [5.41, 5.74) is 0.627. The number of carbonyl (C=O) groups excluding carboxylic acids is 1. The molecule has 0 radical (unpaired) electrons. The van der Waals surface area contributed by atoms with Crippen LogP contribution in [-0.2, 0) is 4.79 Å². The number of rotatable bonds is 6. The Kier molecular flexibility index (Phi) is 6.09. The van der Waals surface area contributed by atoms with Crippen LogP contribution in [0.3, 0.4) is 0 Å². The number of aliphatic hydroxyl groups excluding tert-OH is 2. The molecule has 0 saturated carbocycles. The minimum absolute atomic E-state index is 0.0674. The van der Waals surface area contributed by atoms with Gasteiger partial charge in [0.1, 0.15) is 5.97 Å². The lowest BCUT2D eigenvalue weighted by Crippen LogP contribution is -2.82. The molecule has 0 saturated heterocycles. The second-order valence-corrected chi connectivity index (χ2v) is 2.74. The molecule has 0 aliphatic heterocycles. The molecule has 5 heteroatoms. The lowest BCUT2D eigenvalue weighted by atomic mass is 10.2. The number of aliphatic hydroxyl groups is 2. The topological polar surface area (TPSA) is 94.6 Å². The average Bonchev–Trinajstić information content (AvgIpc) is 2.05. The first-order chi connectivity index (χ1) is 6.11. The molecular weight excluding hydrogens is 174 g/mol. The summed E-state index contributed by atoms with van der Waals surface area (Å²) in [5.74, 6) is -1.20. The molecule has 0 bridgehead atoms. The van der Waals surface area contributed by atoms with E-state index in [1.807, 2.05) is 0 Å². The Morgan fingerprint density at radius 2 is 1.85 bits per heavy atom. The number of carbonyl (C=O) groups is 1. The zero-order valence-electron chi connectivity index (χ0n) is 7.62. The van der Waals surface area contributed by atoms with Gasteiger partial charge in [-0.3, -0.25) is 0 Å². The van der Waals surface area contributed by atoms with E-state index in [9.17, 15) is 9.90 Å². The van der Waals surface area contributed by atoms with Crippen molar-refractivity contribution in [2.75, 3.05) is 13.2 Å². The molecule has 1 atom stereocenters. The number of aliphatic carboxylic acids is 1. The number of carboxylic acids is 1. The van der Waals surface area contributed by atoms with Crippen molar-refractivity contribution in [3.05, 3.63) is 0 Å². The van der Waals surface area contributed by atoms with E-state index in [1.165, 1.54) is 6.92 Å². The quantitative estimate of drug-likeness (QED) is 0.376. The van der Waals surface area contributed by atoms with Crippen molar-refractivity contribution in [3.63, 3.8) is 0 Å². The van der Waals surface area contributed by atoms with Crippen molar-refractivity contribution < 1.29 is 25.1 Å². The maximum Gasteiger partial charge on any atom is 0.187 e. The summed E-state index contributed by atoms with van der Waals surface area (Å²) in [6.45, 7) is 1.31. The van der Waals surface area contributed by atoms with Gasteiger partial charge in [0.05, 0.1) is 26.1 Å². The third-order valence-corrected chi connectivity index (χ3v) is 1.60. The minimum atomic E-state index is -1.20. The van der Waals surface area contributed by atoms with Crippen LogP contribution in [0.2, 0.25) is 0 Å². The van der Waals surface area contributed by atoms with Gasteiger partial charge in [-0.15, -0.1) is 0 Å². The van der Waals surface area contributed by atoms with Crippen LogP contribution in [0.25, 0.3) is 0 Å². The van der Waals surface area contributed by atoms with E-state index in [0.29, 0.717) is 18.6 Å². The van der Waals surface area contributed by atoms with E-state index < -0.39 is 12.0 Å². The largest absolute Gasteiger partial charge is 0.543 e. The number of carboxylic acid groups (broad SMARTS) is 1. The van der Waals surface area contributed by atoms with Gasteiger partial charge in [-0.1, -0.05) is 0 Å². The highest BCUT2D eigenvalue weighted by Crippen LogP contribution is 1.84. The molecule has 0 fully saturated rings. The Morgan fingerprint density at radius 3 is 2.15 bits per heavy atom. The van der Waals surface area contributed by atoms with Crippen molar-refractivity contribution in [2.45, 2.75) is 25.8 Å². The van der Waals surface area contributed by atoms with Crippen LogP contribution >= 0.6 is 0 Å². The highest BCUT2D eigenvalue weighted by molar-refractivity contribution is 5.80. The fraction of sp³-hybridized carbons (Fsp3) is 0.750. The SMILES string of the molecule is CC([NH+]=C(CCO)CCO)C(=O)[O-]. The lowest BCUT2D eigenvalue weighted by molar-refractivity contribution is -0.504. The summed E-state index contributed by atoms with van der Waals surface area (Å²) in [6.07, 6.45) is 0.691. The molecule has 0 heterocycles. The first-order valence-corrected chi connectivity index (χ1v) is 4.15. The fourth-order valence-corrected chi connectivity index (χ4v) is 0.904. The number of hydrogen-bond donors (Lipinski definition) is 3. The summed E-state index contributed by atoms with van der Waals surface area (Å²) >= 11 is 0. The maximum atomic E-state index is 10.3. The summed E-state index contributed by atoms with van der Waals surface area (Å²) in [6, 6.07) is -0.798. The van der Waals surface area contributed by atoms with Crippen LogP contribution in [0.5, 0.6) is 0 Å². The van der Waals surface area contributed by atoms with Crippen molar-refractivity contribution in [1.82, 2.24) is 0 Å². The van der Waals surface area contributed by atoms with Gasteiger partial charge in [-0.05, 0) is 0 Å². The zero-order valence-corrected chi connectivity index (χ0v) is 7.62. The molecule has 0 aromatic carbocycles. The molecule has 0 amide bonds. The van der Waals surface area contributed by atoms with E-state index >= 15 is 0 Å². The molecule has 3 N–H and O–H groups in total. The van der Waals surface area contributed by atoms with Gasteiger partial charge in [0.25, 0.3) is 0 Å². The molecule has 0 aliphatic carbocycles. The number of hydrogen-bond acceptors (Lipinski definition) is 4. The van der Waals surface area contributed by atoms with Crippen LogP contribution < -0.4 is 10.1 Å². The molecule has 5 nitrogen and oxygen atoms in total. The fourth-order valence-electron chi connectivity index (χ4n) is 0.904. The Labute approximate surface area is 76.7 Å². The Morgan fingerprint density at radius 1 is 1.38 bits per heavy atom. The van der Waals surface area contributed by atoms with E-state index in [4.69, 9.17) is 10.2 Å². The molecular formula is C8H15NO4. The van der Waals surface area contributed by atoms with Gasteiger partial charge >= 0.3 is 0 Å². The zero-order chi connectivity index (χ0) is 10.3. The molecule has 0 spiro atoms. The summed E-state index contributed by atoms with van der Waals surface area (Å²) in [7, 11) is 0. The third kappa shape index (κ3) is 5.32. The van der Waals surface area contributed by atoms with Gasteiger partial charge in [0, 0.05) is 6.92 Å². The summed E-state index contributed by atoms with van der Waals surface area (Å²) in [4.78, 5) is 13.0. The first kappa shape index (κ1) is 12.1.